The quantitative estimate of drug-likeness (QED) is 0.371. The number of rotatable bonds is 7. The fourth-order valence-corrected chi connectivity index (χ4v) is 3.98. The molecule has 1 aliphatic carbocycles. The highest BCUT2D eigenvalue weighted by molar-refractivity contribution is 5.45. The zero-order valence-electron chi connectivity index (χ0n) is 17.1. The molecule has 0 amide bonds. The molecular formula is C27H32O. The van der Waals surface area contributed by atoms with E-state index in [0.717, 1.165) is 48.2 Å². The Bertz CT molecular complexity index is 781. The second-order valence-electron chi connectivity index (χ2n) is 7.83. The molecule has 0 saturated heterocycles. The van der Waals surface area contributed by atoms with E-state index in [1.807, 2.05) is 24.3 Å². The molecule has 0 aliphatic heterocycles. The van der Waals surface area contributed by atoms with E-state index >= 15 is 0 Å². The average molecular weight is 373 g/mol. The van der Waals surface area contributed by atoms with Crippen LogP contribution >= 0.6 is 0 Å². The van der Waals surface area contributed by atoms with Gasteiger partial charge in [-0.15, -0.1) is 6.58 Å². The van der Waals surface area contributed by atoms with Gasteiger partial charge < -0.3 is 4.74 Å². The highest BCUT2D eigenvalue weighted by Crippen LogP contribution is 2.37. The fraction of sp³-hybridized carbons (Fsp3) is 0.407. The maximum atomic E-state index is 5.62. The summed E-state index contributed by atoms with van der Waals surface area (Å²) in [7, 11) is 0. The summed E-state index contributed by atoms with van der Waals surface area (Å²) in [4.78, 5) is 0. The van der Waals surface area contributed by atoms with Gasteiger partial charge in [0.15, 0.2) is 0 Å². The van der Waals surface area contributed by atoms with Gasteiger partial charge in [0.25, 0.3) is 0 Å². The molecule has 28 heavy (non-hydrogen) atoms. The molecule has 3 rings (SSSR count). The molecule has 2 aromatic rings. The second-order valence-corrected chi connectivity index (χ2v) is 7.83. The van der Waals surface area contributed by atoms with Crippen LogP contribution in [0.3, 0.4) is 0 Å². The Morgan fingerprint density at radius 1 is 0.929 bits per heavy atom. The van der Waals surface area contributed by atoms with Gasteiger partial charge in [0.05, 0.1) is 6.61 Å². The van der Waals surface area contributed by atoms with Crippen LogP contribution in [0.4, 0.5) is 0 Å². The van der Waals surface area contributed by atoms with Gasteiger partial charge in [-0.1, -0.05) is 37.0 Å². The van der Waals surface area contributed by atoms with E-state index in [1.54, 1.807) is 0 Å². The third-order valence-corrected chi connectivity index (χ3v) is 5.69. The zero-order chi connectivity index (χ0) is 19.6. The minimum absolute atomic E-state index is 0.720. The number of allylic oxidation sites excluding steroid dienone is 1. The lowest BCUT2D eigenvalue weighted by Gasteiger charge is -2.28. The van der Waals surface area contributed by atoms with E-state index in [2.05, 4.69) is 55.7 Å². The van der Waals surface area contributed by atoms with Gasteiger partial charge >= 0.3 is 0 Å². The molecule has 1 aliphatic rings. The van der Waals surface area contributed by atoms with Crippen molar-refractivity contribution in [2.24, 2.45) is 5.92 Å². The standard InChI is InChI=1S/C27H32O/c1-3-5-6-22-9-15-25(16-10-22)26-17-11-23(12-18-26)7-8-24-13-19-27(20-14-24)28-21-4-2/h3,11-14,17-20,22,25H,1,4-6,9-10,15-16,21H2,2H3. The molecule has 1 fully saturated rings. The van der Waals surface area contributed by atoms with Gasteiger partial charge in [0, 0.05) is 11.1 Å². The van der Waals surface area contributed by atoms with Crippen molar-refractivity contribution in [3.05, 3.63) is 77.9 Å². The lowest BCUT2D eigenvalue weighted by atomic mass is 9.77. The molecule has 0 aromatic heterocycles. The van der Waals surface area contributed by atoms with Crippen molar-refractivity contribution in [1.29, 1.82) is 0 Å². The number of ether oxygens (including phenoxy) is 1. The second kappa shape index (κ2) is 10.8. The highest BCUT2D eigenvalue weighted by Gasteiger charge is 2.21. The highest BCUT2D eigenvalue weighted by atomic mass is 16.5. The van der Waals surface area contributed by atoms with Gasteiger partial charge in [0.1, 0.15) is 5.75 Å². The predicted molar refractivity (Wildman–Crippen MR) is 119 cm³/mol. The fourth-order valence-electron chi connectivity index (χ4n) is 3.98. The normalized spacial score (nSPS) is 18.8. The van der Waals surface area contributed by atoms with Crippen molar-refractivity contribution in [3.8, 4) is 17.6 Å². The minimum atomic E-state index is 0.720. The van der Waals surface area contributed by atoms with Crippen LogP contribution in [0.25, 0.3) is 0 Å². The first kappa shape index (κ1) is 20.3. The van der Waals surface area contributed by atoms with Gasteiger partial charge in [-0.25, -0.2) is 0 Å². The summed E-state index contributed by atoms with van der Waals surface area (Å²) in [5, 5.41) is 0. The summed E-state index contributed by atoms with van der Waals surface area (Å²) in [6.07, 6.45) is 10.9. The molecule has 1 heteroatoms. The number of hydrogen-bond donors (Lipinski definition) is 0. The average Bonchev–Trinajstić information content (AvgIpc) is 2.76. The van der Waals surface area contributed by atoms with Crippen LogP contribution in [0.1, 0.15) is 74.5 Å². The Morgan fingerprint density at radius 2 is 1.54 bits per heavy atom. The Hall–Kier alpha value is -2.46. The maximum Gasteiger partial charge on any atom is 0.119 e. The van der Waals surface area contributed by atoms with Crippen molar-refractivity contribution in [2.45, 2.75) is 57.8 Å². The van der Waals surface area contributed by atoms with Crippen molar-refractivity contribution in [3.63, 3.8) is 0 Å². The van der Waals surface area contributed by atoms with Gasteiger partial charge in [-0.2, -0.15) is 0 Å². The topological polar surface area (TPSA) is 9.23 Å². The van der Waals surface area contributed by atoms with Crippen molar-refractivity contribution in [2.75, 3.05) is 6.61 Å². The largest absolute Gasteiger partial charge is 0.494 e. The first-order valence-corrected chi connectivity index (χ1v) is 10.7. The van der Waals surface area contributed by atoms with Crippen molar-refractivity contribution >= 4 is 0 Å². The summed E-state index contributed by atoms with van der Waals surface area (Å²) in [6.45, 7) is 6.72. The number of hydrogen-bond acceptors (Lipinski definition) is 1. The first-order chi connectivity index (χ1) is 13.8. The summed E-state index contributed by atoms with van der Waals surface area (Å²) < 4.78 is 5.62. The molecule has 0 spiro atoms. The summed E-state index contributed by atoms with van der Waals surface area (Å²) in [5.41, 5.74) is 3.57. The van der Waals surface area contributed by atoms with Gasteiger partial charge in [0.2, 0.25) is 0 Å². The maximum absolute atomic E-state index is 5.62. The molecule has 0 bridgehead atoms. The molecule has 0 unspecified atom stereocenters. The van der Waals surface area contributed by atoms with Crippen LogP contribution < -0.4 is 4.74 Å². The molecule has 2 aromatic carbocycles. The lowest BCUT2D eigenvalue weighted by Crippen LogP contribution is -2.13. The van der Waals surface area contributed by atoms with Crippen LogP contribution in [-0.4, -0.2) is 6.61 Å². The van der Waals surface area contributed by atoms with E-state index in [4.69, 9.17) is 4.74 Å². The van der Waals surface area contributed by atoms with Crippen LogP contribution in [0.2, 0.25) is 0 Å². The van der Waals surface area contributed by atoms with Crippen LogP contribution in [-0.2, 0) is 0 Å². The van der Waals surface area contributed by atoms with Gasteiger partial charge in [-0.3, -0.25) is 0 Å². The molecule has 0 heterocycles. The van der Waals surface area contributed by atoms with Crippen molar-refractivity contribution < 1.29 is 4.74 Å². The van der Waals surface area contributed by atoms with E-state index in [1.165, 1.54) is 37.7 Å². The monoisotopic (exact) mass is 372 g/mol. The summed E-state index contributed by atoms with van der Waals surface area (Å²) >= 11 is 0. The molecular weight excluding hydrogens is 340 g/mol. The minimum Gasteiger partial charge on any atom is -0.494 e. The summed E-state index contributed by atoms with van der Waals surface area (Å²) in [6, 6.07) is 16.9. The molecule has 146 valence electrons. The SMILES string of the molecule is C=CCCC1CCC(c2ccc(C#Cc3ccc(OCCC)cc3)cc2)CC1. The zero-order valence-corrected chi connectivity index (χ0v) is 17.1. The molecule has 0 N–H and O–H groups in total. The Kier molecular flexibility index (Phi) is 7.80. The Morgan fingerprint density at radius 3 is 2.11 bits per heavy atom. The Balaban J connectivity index is 1.54. The Labute approximate surface area is 170 Å². The van der Waals surface area contributed by atoms with E-state index in [-0.39, 0.29) is 0 Å². The van der Waals surface area contributed by atoms with E-state index in [0.29, 0.717) is 0 Å². The van der Waals surface area contributed by atoms with Crippen LogP contribution in [0.5, 0.6) is 5.75 Å². The molecule has 1 saturated carbocycles. The number of benzene rings is 2. The predicted octanol–water partition coefficient (Wildman–Crippen LogP) is 7.12. The lowest BCUT2D eigenvalue weighted by molar-refractivity contribution is 0.312. The third-order valence-electron chi connectivity index (χ3n) is 5.69. The first-order valence-electron chi connectivity index (χ1n) is 10.7. The van der Waals surface area contributed by atoms with E-state index in [9.17, 15) is 0 Å². The van der Waals surface area contributed by atoms with Crippen LogP contribution in [0.15, 0.2) is 61.2 Å². The molecule has 0 radical (unpaired) electrons. The molecule has 0 atom stereocenters. The third kappa shape index (κ3) is 6.03. The van der Waals surface area contributed by atoms with Crippen LogP contribution in [0, 0.1) is 17.8 Å². The molecule has 1 nitrogen and oxygen atoms in total. The van der Waals surface area contributed by atoms with Gasteiger partial charge in [-0.05, 0) is 98.7 Å². The smallest absolute Gasteiger partial charge is 0.119 e. The van der Waals surface area contributed by atoms with E-state index < -0.39 is 0 Å². The van der Waals surface area contributed by atoms with Crippen molar-refractivity contribution in [1.82, 2.24) is 0 Å². The summed E-state index contributed by atoms with van der Waals surface area (Å²) in [5.74, 6) is 9.07.